The van der Waals surface area contributed by atoms with Gasteiger partial charge in [-0.25, -0.2) is 9.67 Å². The van der Waals surface area contributed by atoms with Crippen molar-refractivity contribution in [2.24, 2.45) is 5.41 Å². The lowest BCUT2D eigenvalue weighted by Crippen LogP contribution is -2.35. The monoisotopic (exact) mass is 315 g/mol. The Balaban J connectivity index is 1.82. The van der Waals surface area contributed by atoms with Gasteiger partial charge < -0.3 is 5.11 Å². The van der Waals surface area contributed by atoms with Crippen molar-refractivity contribution in [3.05, 3.63) is 48.5 Å². The maximum absolute atomic E-state index is 10.7. The molecule has 0 radical (unpaired) electrons. The van der Waals surface area contributed by atoms with E-state index in [2.05, 4.69) is 61.2 Å². The molecule has 0 bridgehead atoms. The van der Waals surface area contributed by atoms with Crippen LogP contribution in [0.3, 0.4) is 0 Å². The SMILES string of the molecule is CC(C)(C)C(O)C(CCCCCc1ccccc1)n1cncn1. The van der Waals surface area contributed by atoms with Crippen LogP contribution in [0.1, 0.15) is 58.1 Å². The Labute approximate surface area is 139 Å². The molecule has 1 heterocycles. The summed E-state index contributed by atoms with van der Waals surface area (Å²) in [4.78, 5) is 4.03. The Morgan fingerprint density at radius 3 is 2.43 bits per heavy atom. The van der Waals surface area contributed by atoms with Gasteiger partial charge in [0.05, 0.1) is 12.1 Å². The molecule has 4 heteroatoms. The Bertz CT molecular complexity index is 546. The highest BCUT2D eigenvalue weighted by Crippen LogP contribution is 2.31. The van der Waals surface area contributed by atoms with Gasteiger partial charge in [-0.05, 0) is 30.2 Å². The van der Waals surface area contributed by atoms with Gasteiger partial charge in [-0.2, -0.15) is 5.10 Å². The van der Waals surface area contributed by atoms with Crippen LogP contribution < -0.4 is 0 Å². The molecule has 2 aromatic rings. The van der Waals surface area contributed by atoms with E-state index >= 15 is 0 Å². The van der Waals surface area contributed by atoms with Crippen LogP contribution in [0.5, 0.6) is 0 Å². The van der Waals surface area contributed by atoms with Gasteiger partial charge in [0.15, 0.2) is 0 Å². The average Bonchev–Trinajstić information content (AvgIpc) is 3.04. The molecule has 2 rings (SSSR count). The summed E-state index contributed by atoms with van der Waals surface area (Å²) in [5.41, 5.74) is 1.23. The van der Waals surface area contributed by atoms with Crippen molar-refractivity contribution >= 4 is 0 Å². The highest BCUT2D eigenvalue weighted by atomic mass is 16.3. The quantitative estimate of drug-likeness (QED) is 0.748. The summed E-state index contributed by atoms with van der Waals surface area (Å²) < 4.78 is 1.81. The van der Waals surface area contributed by atoms with Crippen molar-refractivity contribution in [3.63, 3.8) is 0 Å². The van der Waals surface area contributed by atoms with Crippen LogP contribution in [0.25, 0.3) is 0 Å². The van der Waals surface area contributed by atoms with E-state index in [0.717, 1.165) is 25.7 Å². The molecular weight excluding hydrogens is 286 g/mol. The van der Waals surface area contributed by atoms with E-state index in [-0.39, 0.29) is 11.5 Å². The zero-order chi connectivity index (χ0) is 16.7. The summed E-state index contributed by atoms with van der Waals surface area (Å²) in [6, 6.07) is 10.6. The Hall–Kier alpha value is -1.68. The van der Waals surface area contributed by atoms with Gasteiger partial charge in [0, 0.05) is 0 Å². The molecule has 0 saturated carbocycles. The van der Waals surface area contributed by atoms with Crippen LogP contribution in [0.4, 0.5) is 0 Å². The highest BCUT2D eigenvalue weighted by molar-refractivity contribution is 5.14. The molecule has 2 atom stereocenters. The molecule has 0 aliphatic rings. The van der Waals surface area contributed by atoms with Crippen LogP contribution in [0.15, 0.2) is 43.0 Å². The average molecular weight is 315 g/mol. The van der Waals surface area contributed by atoms with E-state index in [1.54, 1.807) is 6.33 Å². The van der Waals surface area contributed by atoms with Gasteiger partial charge in [-0.15, -0.1) is 0 Å². The van der Waals surface area contributed by atoms with Gasteiger partial charge in [-0.1, -0.05) is 63.9 Å². The molecule has 1 aromatic carbocycles. The van der Waals surface area contributed by atoms with Gasteiger partial charge in [0.2, 0.25) is 0 Å². The fraction of sp³-hybridized carbons (Fsp3) is 0.579. The van der Waals surface area contributed by atoms with Crippen LogP contribution in [0.2, 0.25) is 0 Å². The van der Waals surface area contributed by atoms with Crippen LogP contribution >= 0.6 is 0 Å². The minimum absolute atomic E-state index is 0.00535. The van der Waals surface area contributed by atoms with E-state index < -0.39 is 6.10 Å². The Morgan fingerprint density at radius 2 is 1.83 bits per heavy atom. The smallest absolute Gasteiger partial charge is 0.137 e. The number of aliphatic hydroxyl groups is 1. The predicted molar refractivity (Wildman–Crippen MR) is 93.1 cm³/mol. The van der Waals surface area contributed by atoms with Gasteiger partial charge >= 0.3 is 0 Å². The van der Waals surface area contributed by atoms with Crippen molar-refractivity contribution in [1.82, 2.24) is 14.8 Å². The standard InChI is InChI=1S/C19H29N3O/c1-19(2,3)18(23)17(22-15-20-14-21-22)13-9-5-8-12-16-10-6-4-7-11-16/h4,6-7,10-11,14-15,17-18,23H,5,8-9,12-13H2,1-3H3. The molecule has 0 aliphatic carbocycles. The van der Waals surface area contributed by atoms with E-state index in [1.165, 1.54) is 18.3 Å². The fourth-order valence-electron chi connectivity index (χ4n) is 2.90. The lowest BCUT2D eigenvalue weighted by molar-refractivity contribution is 0.00846. The number of hydrogen-bond donors (Lipinski definition) is 1. The first kappa shape index (κ1) is 17.7. The highest BCUT2D eigenvalue weighted by Gasteiger charge is 2.31. The number of rotatable bonds is 8. The molecule has 4 nitrogen and oxygen atoms in total. The van der Waals surface area contributed by atoms with Gasteiger partial charge in [0.1, 0.15) is 12.7 Å². The largest absolute Gasteiger partial charge is 0.390 e. The van der Waals surface area contributed by atoms with Crippen molar-refractivity contribution in [2.75, 3.05) is 0 Å². The number of benzene rings is 1. The maximum atomic E-state index is 10.7. The second-order valence-electron chi connectivity index (χ2n) is 7.34. The molecule has 0 spiro atoms. The second kappa shape index (κ2) is 8.25. The third-order valence-corrected chi connectivity index (χ3v) is 4.34. The summed E-state index contributed by atoms with van der Waals surface area (Å²) in [5, 5.41) is 14.9. The number of unbranched alkanes of at least 4 members (excludes halogenated alkanes) is 2. The number of nitrogens with zero attached hydrogens (tertiary/aromatic N) is 3. The van der Waals surface area contributed by atoms with Crippen molar-refractivity contribution in [3.8, 4) is 0 Å². The Kier molecular flexibility index (Phi) is 6.34. The van der Waals surface area contributed by atoms with Crippen molar-refractivity contribution < 1.29 is 5.11 Å². The molecular formula is C19H29N3O. The molecule has 0 aliphatic heterocycles. The molecule has 0 amide bonds. The molecule has 1 aromatic heterocycles. The minimum atomic E-state index is -0.432. The summed E-state index contributed by atoms with van der Waals surface area (Å²) in [7, 11) is 0. The first-order chi connectivity index (χ1) is 11.0. The Morgan fingerprint density at radius 1 is 1.09 bits per heavy atom. The summed E-state index contributed by atoms with van der Waals surface area (Å²) in [6.07, 6.45) is 8.30. The summed E-state index contributed by atoms with van der Waals surface area (Å²) in [5.74, 6) is 0. The first-order valence-electron chi connectivity index (χ1n) is 8.54. The molecule has 0 saturated heterocycles. The van der Waals surface area contributed by atoms with E-state index in [4.69, 9.17) is 0 Å². The molecule has 0 fully saturated rings. The van der Waals surface area contributed by atoms with Crippen molar-refractivity contribution in [2.45, 2.75) is 65.0 Å². The normalized spacial score (nSPS) is 14.6. The zero-order valence-corrected chi connectivity index (χ0v) is 14.5. The maximum Gasteiger partial charge on any atom is 0.137 e. The zero-order valence-electron chi connectivity index (χ0n) is 14.5. The minimum Gasteiger partial charge on any atom is -0.390 e. The van der Waals surface area contributed by atoms with Crippen molar-refractivity contribution in [1.29, 1.82) is 0 Å². The first-order valence-corrected chi connectivity index (χ1v) is 8.54. The van der Waals surface area contributed by atoms with Crippen LogP contribution in [-0.2, 0) is 6.42 Å². The number of aromatic nitrogens is 3. The van der Waals surface area contributed by atoms with Crippen LogP contribution in [-0.4, -0.2) is 26.0 Å². The topological polar surface area (TPSA) is 50.9 Å². The molecule has 126 valence electrons. The molecule has 1 N–H and O–H groups in total. The van der Waals surface area contributed by atoms with E-state index in [9.17, 15) is 5.11 Å². The fourth-order valence-corrected chi connectivity index (χ4v) is 2.90. The lowest BCUT2D eigenvalue weighted by Gasteiger charge is -2.33. The van der Waals surface area contributed by atoms with E-state index in [0.29, 0.717) is 0 Å². The van der Waals surface area contributed by atoms with Crippen LogP contribution in [0, 0.1) is 5.41 Å². The summed E-state index contributed by atoms with van der Waals surface area (Å²) in [6.45, 7) is 6.20. The molecule has 23 heavy (non-hydrogen) atoms. The summed E-state index contributed by atoms with van der Waals surface area (Å²) >= 11 is 0. The number of aryl methyl sites for hydroxylation is 1. The number of hydrogen-bond acceptors (Lipinski definition) is 3. The van der Waals surface area contributed by atoms with E-state index in [1.807, 2.05) is 4.68 Å². The third-order valence-electron chi connectivity index (χ3n) is 4.34. The van der Waals surface area contributed by atoms with Gasteiger partial charge in [0.25, 0.3) is 0 Å². The lowest BCUT2D eigenvalue weighted by atomic mass is 9.83. The third kappa shape index (κ3) is 5.47. The van der Waals surface area contributed by atoms with Gasteiger partial charge in [-0.3, -0.25) is 0 Å². The second-order valence-corrected chi connectivity index (χ2v) is 7.34. The predicted octanol–water partition coefficient (Wildman–Crippen LogP) is 4.03. The number of aliphatic hydroxyl groups excluding tert-OH is 1. The molecule has 2 unspecified atom stereocenters.